The fraction of sp³-hybridized carbons (Fsp3) is 0.333. The van der Waals surface area contributed by atoms with Crippen LogP contribution in [0.4, 0.5) is 0 Å². The van der Waals surface area contributed by atoms with E-state index in [-0.39, 0.29) is 0 Å². The maximum absolute atomic E-state index is 8.18. The van der Waals surface area contributed by atoms with Crippen LogP contribution in [-0.4, -0.2) is 21.2 Å². The highest BCUT2D eigenvalue weighted by atomic mass is 16.4. The first-order valence-corrected chi connectivity index (χ1v) is 2.92. The quantitative estimate of drug-likeness (QED) is 0.350. The van der Waals surface area contributed by atoms with Crippen LogP contribution in [0, 0.1) is 6.92 Å². The molecule has 0 amide bonds. The van der Waals surface area contributed by atoms with Crippen LogP contribution in [-0.2, 0) is 7.05 Å². The molecular weight excluding hydrogens is 130 g/mol. The normalized spacial score (nSPS) is 11.0. The third-order valence-electron chi connectivity index (χ3n) is 1.23. The van der Waals surface area contributed by atoms with Gasteiger partial charge in [0.15, 0.2) is 0 Å². The average Bonchev–Trinajstić information content (AvgIpc) is 2.13. The van der Waals surface area contributed by atoms with E-state index in [1.54, 1.807) is 11.7 Å². The molecule has 4 nitrogen and oxygen atoms in total. The third kappa shape index (κ3) is 1.15. The lowest BCUT2D eigenvalue weighted by Crippen LogP contribution is -1.96. The van der Waals surface area contributed by atoms with E-state index in [1.165, 1.54) is 6.21 Å². The van der Waals surface area contributed by atoms with E-state index in [9.17, 15) is 0 Å². The standard InChI is InChI=1S/C6H9N3O/c1-5-3-6(4-7-10)9(2)8-5/h3-4,10H,1-2H3. The van der Waals surface area contributed by atoms with Crippen molar-refractivity contribution in [3.63, 3.8) is 0 Å². The average molecular weight is 139 g/mol. The van der Waals surface area contributed by atoms with E-state index in [2.05, 4.69) is 10.3 Å². The summed E-state index contributed by atoms with van der Waals surface area (Å²) in [6.45, 7) is 1.88. The van der Waals surface area contributed by atoms with Crippen LogP contribution < -0.4 is 0 Å². The zero-order chi connectivity index (χ0) is 7.56. The van der Waals surface area contributed by atoms with Crippen LogP contribution >= 0.6 is 0 Å². The molecule has 0 atom stereocenters. The topological polar surface area (TPSA) is 50.4 Å². The first kappa shape index (κ1) is 6.80. The molecule has 0 bridgehead atoms. The number of nitrogens with zero attached hydrogens (tertiary/aromatic N) is 3. The Kier molecular flexibility index (Phi) is 1.71. The lowest BCUT2D eigenvalue weighted by molar-refractivity contribution is 0.321. The second-order valence-corrected chi connectivity index (χ2v) is 2.08. The zero-order valence-corrected chi connectivity index (χ0v) is 5.94. The summed E-state index contributed by atoms with van der Waals surface area (Å²) in [5.74, 6) is 0. The lowest BCUT2D eigenvalue weighted by atomic mass is 10.4. The highest BCUT2D eigenvalue weighted by Gasteiger charge is 1.96. The van der Waals surface area contributed by atoms with Crippen LogP contribution in [0.25, 0.3) is 0 Å². The van der Waals surface area contributed by atoms with Crippen LogP contribution in [0.5, 0.6) is 0 Å². The Morgan fingerprint density at radius 3 is 2.90 bits per heavy atom. The Morgan fingerprint density at radius 2 is 2.50 bits per heavy atom. The predicted octanol–water partition coefficient (Wildman–Crippen LogP) is 0.537. The molecule has 1 aromatic rings. The maximum atomic E-state index is 8.18. The summed E-state index contributed by atoms with van der Waals surface area (Å²) in [5, 5.41) is 15.1. The third-order valence-corrected chi connectivity index (χ3v) is 1.23. The number of aromatic nitrogens is 2. The Morgan fingerprint density at radius 1 is 1.80 bits per heavy atom. The molecule has 4 heteroatoms. The fourth-order valence-electron chi connectivity index (χ4n) is 0.811. The molecule has 54 valence electrons. The van der Waals surface area contributed by atoms with Gasteiger partial charge in [0.05, 0.1) is 17.6 Å². The molecule has 0 radical (unpaired) electrons. The van der Waals surface area contributed by atoms with Gasteiger partial charge in [-0.05, 0) is 13.0 Å². The van der Waals surface area contributed by atoms with E-state index < -0.39 is 0 Å². The summed E-state index contributed by atoms with van der Waals surface area (Å²) < 4.78 is 1.65. The van der Waals surface area contributed by atoms with Gasteiger partial charge in [-0.1, -0.05) is 5.16 Å². The van der Waals surface area contributed by atoms with Crippen molar-refractivity contribution >= 4 is 6.21 Å². The molecule has 10 heavy (non-hydrogen) atoms. The summed E-state index contributed by atoms with van der Waals surface area (Å²) >= 11 is 0. The van der Waals surface area contributed by atoms with Gasteiger partial charge in [0.25, 0.3) is 0 Å². The molecule has 0 fully saturated rings. The van der Waals surface area contributed by atoms with Crippen LogP contribution in [0.2, 0.25) is 0 Å². The fourth-order valence-corrected chi connectivity index (χ4v) is 0.811. The molecule has 1 heterocycles. The van der Waals surface area contributed by atoms with Gasteiger partial charge in [-0.25, -0.2) is 0 Å². The van der Waals surface area contributed by atoms with Gasteiger partial charge in [-0.15, -0.1) is 0 Å². The van der Waals surface area contributed by atoms with Gasteiger partial charge in [-0.2, -0.15) is 5.10 Å². The molecule has 1 rings (SSSR count). The summed E-state index contributed by atoms with van der Waals surface area (Å²) in [4.78, 5) is 0. The minimum Gasteiger partial charge on any atom is -0.411 e. The molecule has 0 aliphatic rings. The van der Waals surface area contributed by atoms with Gasteiger partial charge in [0.2, 0.25) is 0 Å². The first-order valence-electron chi connectivity index (χ1n) is 2.92. The highest BCUT2D eigenvalue weighted by Crippen LogP contribution is 1.97. The second-order valence-electron chi connectivity index (χ2n) is 2.08. The monoisotopic (exact) mass is 139 g/mol. The molecule has 0 spiro atoms. The van der Waals surface area contributed by atoms with Gasteiger partial charge in [0, 0.05) is 7.05 Å². The second kappa shape index (κ2) is 2.51. The Hall–Kier alpha value is -1.32. The van der Waals surface area contributed by atoms with Gasteiger partial charge in [-0.3, -0.25) is 4.68 Å². The van der Waals surface area contributed by atoms with Crippen molar-refractivity contribution in [1.82, 2.24) is 9.78 Å². The highest BCUT2D eigenvalue weighted by molar-refractivity contribution is 5.76. The van der Waals surface area contributed by atoms with Crippen molar-refractivity contribution in [3.8, 4) is 0 Å². The molecule has 1 aromatic heterocycles. The Labute approximate surface area is 58.8 Å². The van der Waals surface area contributed by atoms with E-state index in [4.69, 9.17) is 5.21 Å². The van der Waals surface area contributed by atoms with E-state index in [1.807, 2.05) is 13.0 Å². The van der Waals surface area contributed by atoms with Crippen LogP contribution in [0.15, 0.2) is 11.2 Å². The van der Waals surface area contributed by atoms with Crippen LogP contribution in [0.1, 0.15) is 11.4 Å². The predicted molar refractivity (Wildman–Crippen MR) is 37.3 cm³/mol. The van der Waals surface area contributed by atoms with Crippen molar-refractivity contribution in [1.29, 1.82) is 0 Å². The minimum atomic E-state index is 0.792. The maximum Gasteiger partial charge on any atom is 0.0914 e. The van der Waals surface area contributed by atoms with Gasteiger partial charge < -0.3 is 5.21 Å². The minimum absolute atomic E-state index is 0.792. The summed E-state index contributed by atoms with van der Waals surface area (Å²) in [7, 11) is 1.80. The summed E-state index contributed by atoms with van der Waals surface area (Å²) in [6, 6.07) is 1.83. The van der Waals surface area contributed by atoms with Crippen molar-refractivity contribution in [2.24, 2.45) is 12.2 Å². The molecule has 0 saturated heterocycles. The van der Waals surface area contributed by atoms with Crippen molar-refractivity contribution in [2.45, 2.75) is 6.92 Å². The molecule has 0 aliphatic carbocycles. The van der Waals surface area contributed by atoms with Gasteiger partial charge in [0.1, 0.15) is 0 Å². The Bertz CT molecular complexity index is 251. The molecule has 0 saturated carbocycles. The number of hydrogen-bond acceptors (Lipinski definition) is 3. The first-order chi connectivity index (χ1) is 4.74. The van der Waals surface area contributed by atoms with E-state index in [0.29, 0.717) is 0 Å². The SMILES string of the molecule is Cc1cc(C=NO)n(C)n1. The number of oxime groups is 1. The summed E-state index contributed by atoms with van der Waals surface area (Å²) in [6.07, 6.45) is 1.35. The number of hydrogen-bond donors (Lipinski definition) is 1. The van der Waals surface area contributed by atoms with Crippen LogP contribution in [0.3, 0.4) is 0 Å². The van der Waals surface area contributed by atoms with Gasteiger partial charge >= 0.3 is 0 Å². The smallest absolute Gasteiger partial charge is 0.0914 e. The van der Waals surface area contributed by atoms with Crippen molar-refractivity contribution in [2.75, 3.05) is 0 Å². The number of aryl methyl sites for hydroxylation is 2. The van der Waals surface area contributed by atoms with E-state index >= 15 is 0 Å². The van der Waals surface area contributed by atoms with Crippen molar-refractivity contribution in [3.05, 3.63) is 17.5 Å². The molecular formula is C6H9N3O. The molecule has 0 unspecified atom stereocenters. The Balaban J connectivity index is 3.03. The molecule has 0 aliphatic heterocycles. The molecule has 1 N–H and O–H groups in total. The van der Waals surface area contributed by atoms with Crippen molar-refractivity contribution < 1.29 is 5.21 Å². The largest absolute Gasteiger partial charge is 0.411 e. The number of rotatable bonds is 1. The van der Waals surface area contributed by atoms with E-state index in [0.717, 1.165) is 11.4 Å². The molecule has 0 aromatic carbocycles. The summed E-state index contributed by atoms with van der Waals surface area (Å²) in [5.41, 5.74) is 1.71. The lowest BCUT2D eigenvalue weighted by Gasteiger charge is -1.89. The zero-order valence-electron chi connectivity index (χ0n) is 5.94.